The first-order valence-corrected chi connectivity index (χ1v) is 6.74. The molecule has 2 heterocycles. The van der Waals surface area contributed by atoms with E-state index in [4.69, 9.17) is 16.3 Å². The highest BCUT2D eigenvalue weighted by Gasteiger charge is 2.13. The van der Waals surface area contributed by atoms with Gasteiger partial charge >= 0.3 is 0 Å². The van der Waals surface area contributed by atoms with Crippen molar-refractivity contribution in [2.24, 2.45) is 0 Å². The second-order valence-corrected chi connectivity index (χ2v) is 4.94. The summed E-state index contributed by atoms with van der Waals surface area (Å²) < 4.78 is 5.55. The fraction of sp³-hybridized carbons (Fsp3) is 0.200. The molecule has 0 radical (unpaired) electrons. The molecule has 0 atom stereocenters. The lowest BCUT2D eigenvalue weighted by Crippen LogP contribution is -2.07. The molecule has 4 nitrogen and oxygen atoms in total. The van der Waals surface area contributed by atoms with Gasteiger partial charge in [0, 0.05) is 5.69 Å². The summed E-state index contributed by atoms with van der Waals surface area (Å²) in [5.41, 5.74) is 1.91. The molecule has 3 aromatic rings. The largest absolute Gasteiger partial charge is 0.490 e. The van der Waals surface area contributed by atoms with Gasteiger partial charge in [0.1, 0.15) is 5.65 Å². The van der Waals surface area contributed by atoms with E-state index < -0.39 is 0 Å². The van der Waals surface area contributed by atoms with Gasteiger partial charge in [0.2, 0.25) is 0 Å². The number of benzene rings is 1. The third-order valence-corrected chi connectivity index (χ3v) is 3.46. The van der Waals surface area contributed by atoms with Crippen LogP contribution in [0.25, 0.3) is 21.9 Å². The maximum atomic E-state index is 12.5. The second kappa shape index (κ2) is 4.80. The molecule has 0 saturated carbocycles. The standard InChI is InChI=1S/C15H13ClN2O2/c1-3-20-14-11(16)7-6-9-12(14)18-15-10(13(9)19)5-4-8(2)17-15/h4-7H,3H2,1-2H3,(H,17,18,19). The molecule has 0 bridgehead atoms. The third-order valence-electron chi connectivity index (χ3n) is 3.17. The van der Waals surface area contributed by atoms with Crippen LogP contribution >= 0.6 is 11.6 Å². The van der Waals surface area contributed by atoms with Gasteiger partial charge in [-0.15, -0.1) is 0 Å². The molecule has 102 valence electrons. The lowest BCUT2D eigenvalue weighted by molar-refractivity contribution is 0.344. The predicted octanol–water partition coefficient (Wildman–Crippen LogP) is 3.44. The first-order valence-electron chi connectivity index (χ1n) is 6.36. The molecule has 0 aliphatic heterocycles. The number of fused-ring (bicyclic) bond motifs is 2. The molecule has 1 N–H and O–H groups in total. The molecule has 5 heteroatoms. The first kappa shape index (κ1) is 12.9. The molecule has 0 spiro atoms. The summed E-state index contributed by atoms with van der Waals surface area (Å²) in [6.07, 6.45) is 0. The van der Waals surface area contributed by atoms with E-state index in [9.17, 15) is 4.79 Å². The molecule has 3 rings (SSSR count). The summed E-state index contributed by atoms with van der Waals surface area (Å²) in [5, 5.41) is 1.59. The van der Waals surface area contributed by atoms with E-state index in [2.05, 4.69) is 9.97 Å². The van der Waals surface area contributed by atoms with E-state index >= 15 is 0 Å². The molecule has 0 aliphatic carbocycles. The van der Waals surface area contributed by atoms with Gasteiger partial charge < -0.3 is 9.72 Å². The van der Waals surface area contributed by atoms with Crippen LogP contribution in [0, 0.1) is 6.92 Å². The van der Waals surface area contributed by atoms with Crippen molar-refractivity contribution in [3.05, 3.63) is 45.2 Å². The lowest BCUT2D eigenvalue weighted by atomic mass is 10.1. The van der Waals surface area contributed by atoms with Gasteiger partial charge in [-0.2, -0.15) is 0 Å². The fourth-order valence-corrected chi connectivity index (χ4v) is 2.47. The number of rotatable bonds is 2. The SMILES string of the molecule is CCOc1c(Cl)ccc2c(=O)c3ccc(C)nc3[nH]c12. The highest BCUT2D eigenvalue weighted by atomic mass is 35.5. The summed E-state index contributed by atoms with van der Waals surface area (Å²) in [5.74, 6) is 0.494. The fourth-order valence-electron chi connectivity index (χ4n) is 2.25. The predicted molar refractivity (Wildman–Crippen MR) is 80.8 cm³/mol. The van der Waals surface area contributed by atoms with E-state index in [1.54, 1.807) is 18.2 Å². The summed E-state index contributed by atoms with van der Waals surface area (Å²) in [4.78, 5) is 20.0. The summed E-state index contributed by atoms with van der Waals surface area (Å²) in [6.45, 7) is 4.22. The maximum Gasteiger partial charge on any atom is 0.198 e. The average Bonchev–Trinajstić information content (AvgIpc) is 2.42. The van der Waals surface area contributed by atoms with Crippen LogP contribution in [0.3, 0.4) is 0 Å². The number of aryl methyl sites for hydroxylation is 1. The highest BCUT2D eigenvalue weighted by Crippen LogP contribution is 2.31. The molecule has 0 saturated heterocycles. The first-order chi connectivity index (χ1) is 9.61. The number of nitrogens with zero attached hydrogens (tertiary/aromatic N) is 1. The molecule has 0 aliphatic rings. The Balaban J connectivity index is 2.50. The number of H-pyrrole nitrogens is 1. The zero-order chi connectivity index (χ0) is 14.3. The van der Waals surface area contributed by atoms with Crippen LogP contribution in [0.4, 0.5) is 0 Å². The number of aromatic nitrogens is 2. The van der Waals surface area contributed by atoms with Gasteiger partial charge in [-0.25, -0.2) is 4.98 Å². The Labute approximate surface area is 120 Å². The van der Waals surface area contributed by atoms with Crippen LogP contribution in [0.1, 0.15) is 12.6 Å². The summed E-state index contributed by atoms with van der Waals surface area (Å²) in [6, 6.07) is 6.99. The van der Waals surface area contributed by atoms with Gasteiger partial charge in [0.15, 0.2) is 11.2 Å². The molecule has 0 amide bonds. The number of pyridine rings is 2. The summed E-state index contributed by atoms with van der Waals surface area (Å²) >= 11 is 6.15. The molecule has 0 fully saturated rings. The number of hydrogen-bond donors (Lipinski definition) is 1. The van der Waals surface area contributed by atoms with E-state index in [-0.39, 0.29) is 5.43 Å². The molecule has 1 aromatic carbocycles. The molecule has 0 unspecified atom stereocenters. The van der Waals surface area contributed by atoms with Crippen molar-refractivity contribution in [2.75, 3.05) is 6.61 Å². The molecular weight excluding hydrogens is 276 g/mol. The second-order valence-electron chi connectivity index (χ2n) is 4.54. The number of halogens is 1. The topological polar surface area (TPSA) is 55.0 Å². The van der Waals surface area contributed by atoms with Crippen LogP contribution in [0.15, 0.2) is 29.1 Å². The maximum absolute atomic E-state index is 12.5. The minimum atomic E-state index is -0.0705. The van der Waals surface area contributed by atoms with Crippen molar-refractivity contribution < 1.29 is 4.74 Å². The highest BCUT2D eigenvalue weighted by molar-refractivity contribution is 6.33. The Morgan fingerprint density at radius 3 is 2.75 bits per heavy atom. The Bertz CT molecular complexity index is 871. The minimum absolute atomic E-state index is 0.0705. The zero-order valence-corrected chi connectivity index (χ0v) is 11.9. The average molecular weight is 289 g/mol. The van der Waals surface area contributed by atoms with Gasteiger partial charge in [0.05, 0.1) is 27.9 Å². The number of hydrogen-bond acceptors (Lipinski definition) is 3. The smallest absolute Gasteiger partial charge is 0.198 e. The van der Waals surface area contributed by atoms with Crippen molar-refractivity contribution in [3.8, 4) is 5.75 Å². The van der Waals surface area contributed by atoms with Gasteiger partial charge in [0.25, 0.3) is 0 Å². The minimum Gasteiger partial charge on any atom is -0.490 e. The Hall–Kier alpha value is -2.07. The van der Waals surface area contributed by atoms with Gasteiger partial charge in [-0.3, -0.25) is 4.79 Å². The van der Waals surface area contributed by atoms with Crippen LogP contribution in [0.2, 0.25) is 5.02 Å². The monoisotopic (exact) mass is 288 g/mol. The number of aromatic amines is 1. The van der Waals surface area contributed by atoms with Gasteiger partial charge in [-0.05, 0) is 38.1 Å². The van der Waals surface area contributed by atoms with Crippen molar-refractivity contribution in [3.63, 3.8) is 0 Å². The summed E-state index contributed by atoms with van der Waals surface area (Å²) in [7, 11) is 0. The van der Waals surface area contributed by atoms with E-state index in [0.29, 0.717) is 39.3 Å². The zero-order valence-electron chi connectivity index (χ0n) is 11.2. The van der Waals surface area contributed by atoms with E-state index in [1.165, 1.54) is 0 Å². The quantitative estimate of drug-likeness (QED) is 0.735. The van der Waals surface area contributed by atoms with Crippen molar-refractivity contribution in [1.29, 1.82) is 0 Å². The third kappa shape index (κ3) is 1.93. The normalized spacial score (nSPS) is 11.2. The van der Waals surface area contributed by atoms with Crippen LogP contribution in [-0.2, 0) is 0 Å². The Kier molecular flexibility index (Phi) is 3.10. The molecular formula is C15H13ClN2O2. The van der Waals surface area contributed by atoms with Gasteiger partial charge in [-0.1, -0.05) is 11.6 Å². The number of nitrogens with one attached hydrogen (secondary N) is 1. The van der Waals surface area contributed by atoms with Crippen LogP contribution in [0.5, 0.6) is 5.75 Å². The van der Waals surface area contributed by atoms with Crippen molar-refractivity contribution in [2.45, 2.75) is 13.8 Å². The molecule has 2 aromatic heterocycles. The van der Waals surface area contributed by atoms with E-state index in [1.807, 2.05) is 19.9 Å². The van der Waals surface area contributed by atoms with Crippen LogP contribution < -0.4 is 10.2 Å². The van der Waals surface area contributed by atoms with Crippen molar-refractivity contribution >= 4 is 33.5 Å². The Morgan fingerprint density at radius 2 is 2.00 bits per heavy atom. The van der Waals surface area contributed by atoms with E-state index in [0.717, 1.165) is 5.69 Å². The Morgan fingerprint density at radius 1 is 1.25 bits per heavy atom. The number of ether oxygens (including phenoxy) is 1. The lowest BCUT2D eigenvalue weighted by Gasteiger charge is -2.10. The van der Waals surface area contributed by atoms with Crippen molar-refractivity contribution in [1.82, 2.24) is 9.97 Å². The molecule has 20 heavy (non-hydrogen) atoms. The van der Waals surface area contributed by atoms with Crippen LogP contribution in [-0.4, -0.2) is 16.6 Å².